The molecule has 2 rings (SSSR count). The standard InChI is InChI=1S/C16H24N2O2/c1-5-14-16(19)18(12(3)10-20-4)15(17-14)13-8-6-7-11(2)9-13/h6-9,12,14-15,17H,5,10H2,1-4H3. The van der Waals surface area contributed by atoms with Crippen LogP contribution in [0.1, 0.15) is 37.6 Å². The van der Waals surface area contributed by atoms with E-state index in [1.165, 1.54) is 5.56 Å². The van der Waals surface area contributed by atoms with E-state index >= 15 is 0 Å². The number of rotatable bonds is 5. The van der Waals surface area contributed by atoms with Gasteiger partial charge in [-0.3, -0.25) is 10.1 Å². The smallest absolute Gasteiger partial charge is 0.241 e. The van der Waals surface area contributed by atoms with Crippen LogP contribution >= 0.6 is 0 Å². The fourth-order valence-corrected chi connectivity index (χ4v) is 2.83. The molecule has 0 aliphatic carbocycles. The second kappa shape index (κ2) is 6.37. The summed E-state index contributed by atoms with van der Waals surface area (Å²) in [5.41, 5.74) is 2.34. The maximum Gasteiger partial charge on any atom is 0.241 e. The van der Waals surface area contributed by atoms with Gasteiger partial charge in [0.15, 0.2) is 0 Å². The number of hydrogen-bond donors (Lipinski definition) is 1. The van der Waals surface area contributed by atoms with E-state index in [0.29, 0.717) is 6.61 Å². The van der Waals surface area contributed by atoms with E-state index < -0.39 is 0 Å². The first kappa shape index (κ1) is 15.0. The maximum atomic E-state index is 12.5. The molecule has 1 aromatic carbocycles. The molecule has 1 fully saturated rings. The third kappa shape index (κ3) is 2.86. The predicted molar refractivity (Wildman–Crippen MR) is 79.3 cm³/mol. The molecule has 1 saturated heterocycles. The molecule has 1 aliphatic heterocycles. The highest BCUT2D eigenvalue weighted by atomic mass is 16.5. The third-order valence-electron chi connectivity index (χ3n) is 3.84. The molecule has 0 spiro atoms. The molecule has 3 atom stereocenters. The molecule has 1 aliphatic rings. The topological polar surface area (TPSA) is 41.6 Å². The Morgan fingerprint density at radius 3 is 2.80 bits per heavy atom. The van der Waals surface area contributed by atoms with E-state index in [1.807, 2.05) is 24.8 Å². The molecular formula is C16H24N2O2. The first-order valence-electron chi connectivity index (χ1n) is 7.22. The zero-order valence-corrected chi connectivity index (χ0v) is 12.7. The molecule has 110 valence electrons. The van der Waals surface area contributed by atoms with Crippen molar-refractivity contribution in [3.63, 3.8) is 0 Å². The van der Waals surface area contributed by atoms with Crippen molar-refractivity contribution in [1.82, 2.24) is 10.2 Å². The van der Waals surface area contributed by atoms with E-state index in [0.717, 1.165) is 12.0 Å². The Hall–Kier alpha value is -1.39. The zero-order valence-electron chi connectivity index (χ0n) is 12.7. The molecule has 1 amide bonds. The van der Waals surface area contributed by atoms with Crippen LogP contribution in [0.5, 0.6) is 0 Å². The Kier molecular flexibility index (Phi) is 4.78. The van der Waals surface area contributed by atoms with Crippen molar-refractivity contribution in [2.75, 3.05) is 13.7 Å². The minimum absolute atomic E-state index is 0.0575. The van der Waals surface area contributed by atoms with Gasteiger partial charge >= 0.3 is 0 Å². The quantitative estimate of drug-likeness (QED) is 0.896. The lowest BCUT2D eigenvalue weighted by Crippen LogP contribution is -2.40. The number of nitrogens with one attached hydrogen (secondary N) is 1. The number of amides is 1. The first-order valence-corrected chi connectivity index (χ1v) is 7.22. The fraction of sp³-hybridized carbons (Fsp3) is 0.562. The van der Waals surface area contributed by atoms with Gasteiger partial charge in [0.2, 0.25) is 5.91 Å². The number of carbonyl (C=O) groups excluding carboxylic acids is 1. The Labute approximate surface area is 121 Å². The van der Waals surface area contributed by atoms with Crippen molar-refractivity contribution >= 4 is 5.91 Å². The Balaban J connectivity index is 2.31. The van der Waals surface area contributed by atoms with Crippen LogP contribution in [0, 0.1) is 6.92 Å². The number of hydrogen-bond acceptors (Lipinski definition) is 3. The van der Waals surface area contributed by atoms with Gasteiger partial charge in [0.1, 0.15) is 6.17 Å². The number of carbonyl (C=O) groups is 1. The number of nitrogens with zero attached hydrogens (tertiary/aromatic N) is 1. The van der Waals surface area contributed by atoms with Crippen LogP contribution in [0.3, 0.4) is 0 Å². The molecule has 0 bridgehead atoms. The lowest BCUT2D eigenvalue weighted by Gasteiger charge is -2.30. The SMILES string of the molecule is CCC1NC(c2cccc(C)c2)N(C(C)COC)C1=O. The Morgan fingerprint density at radius 2 is 2.20 bits per heavy atom. The average molecular weight is 276 g/mol. The molecule has 1 heterocycles. The highest BCUT2D eigenvalue weighted by Crippen LogP contribution is 2.29. The van der Waals surface area contributed by atoms with Crippen LogP contribution in [0.15, 0.2) is 24.3 Å². The Morgan fingerprint density at radius 1 is 1.45 bits per heavy atom. The number of ether oxygens (including phenoxy) is 1. The van der Waals surface area contributed by atoms with Crippen molar-refractivity contribution in [1.29, 1.82) is 0 Å². The van der Waals surface area contributed by atoms with Gasteiger partial charge in [-0.2, -0.15) is 0 Å². The van der Waals surface area contributed by atoms with Gasteiger partial charge in [-0.25, -0.2) is 0 Å². The van der Waals surface area contributed by atoms with Crippen molar-refractivity contribution in [2.24, 2.45) is 0 Å². The van der Waals surface area contributed by atoms with Crippen molar-refractivity contribution < 1.29 is 9.53 Å². The number of aryl methyl sites for hydroxylation is 1. The van der Waals surface area contributed by atoms with E-state index in [4.69, 9.17) is 4.74 Å². The summed E-state index contributed by atoms with van der Waals surface area (Å²) < 4.78 is 5.22. The van der Waals surface area contributed by atoms with E-state index in [-0.39, 0.29) is 24.2 Å². The second-order valence-electron chi connectivity index (χ2n) is 5.49. The monoisotopic (exact) mass is 276 g/mol. The molecule has 0 saturated carbocycles. The lowest BCUT2D eigenvalue weighted by molar-refractivity contribution is -0.133. The van der Waals surface area contributed by atoms with Gasteiger partial charge in [-0.1, -0.05) is 36.8 Å². The molecule has 0 radical (unpaired) electrons. The van der Waals surface area contributed by atoms with Crippen molar-refractivity contribution in [3.05, 3.63) is 35.4 Å². The summed E-state index contributed by atoms with van der Waals surface area (Å²) in [6, 6.07) is 8.27. The van der Waals surface area contributed by atoms with Gasteiger partial charge in [0, 0.05) is 7.11 Å². The van der Waals surface area contributed by atoms with Crippen LogP contribution in [0.2, 0.25) is 0 Å². The molecule has 4 heteroatoms. The number of methoxy groups -OCH3 is 1. The number of benzene rings is 1. The average Bonchev–Trinajstić information content (AvgIpc) is 2.76. The minimum atomic E-state index is -0.0974. The van der Waals surface area contributed by atoms with Gasteiger partial charge in [-0.05, 0) is 25.8 Å². The molecule has 1 aromatic rings. The fourth-order valence-electron chi connectivity index (χ4n) is 2.83. The van der Waals surface area contributed by atoms with Gasteiger partial charge in [0.25, 0.3) is 0 Å². The molecular weight excluding hydrogens is 252 g/mol. The summed E-state index contributed by atoms with van der Waals surface area (Å²) in [6.45, 7) is 6.68. The van der Waals surface area contributed by atoms with Crippen LogP contribution in [-0.2, 0) is 9.53 Å². The van der Waals surface area contributed by atoms with Crippen LogP contribution in [0.4, 0.5) is 0 Å². The largest absolute Gasteiger partial charge is 0.383 e. The summed E-state index contributed by atoms with van der Waals surface area (Å²) in [4.78, 5) is 14.5. The van der Waals surface area contributed by atoms with E-state index in [9.17, 15) is 4.79 Å². The molecule has 0 aromatic heterocycles. The summed E-state index contributed by atoms with van der Waals surface area (Å²) in [7, 11) is 1.67. The van der Waals surface area contributed by atoms with E-state index in [2.05, 4.69) is 30.4 Å². The highest BCUT2D eigenvalue weighted by molar-refractivity contribution is 5.84. The predicted octanol–water partition coefficient (Wildman–Crippen LogP) is 2.24. The molecule has 1 N–H and O–H groups in total. The van der Waals surface area contributed by atoms with Gasteiger partial charge in [0.05, 0.1) is 18.7 Å². The Bertz CT molecular complexity index is 475. The van der Waals surface area contributed by atoms with Crippen LogP contribution in [0.25, 0.3) is 0 Å². The molecule has 20 heavy (non-hydrogen) atoms. The highest BCUT2D eigenvalue weighted by Gasteiger charge is 2.40. The van der Waals surface area contributed by atoms with Gasteiger partial charge < -0.3 is 9.64 Å². The van der Waals surface area contributed by atoms with Crippen molar-refractivity contribution in [2.45, 2.75) is 45.4 Å². The normalized spacial score (nSPS) is 24.2. The first-order chi connectivity index (χ1) is 9.58. The lowest BCUT2D eigenvalue weighted by atomic mass is 10.1. The summed E-state index contributed by atoms with van der Waals surface area (Å²) in [5, 5.41) is 3.44. The van der Waals surface area contributed by atoms with Crippen LogP contribution < -0.4 is 5.32 Å². The summed E-state index contributed by atoms with van der Waals surface area (Å²) >= 11 is 0. The second-order valence-corrected chi connectivity index (χ2v) is 5.49. The summed E-state index contributed by atoms with van der Waals surface area (Å²) in [6.07, 6.45) is 0.745. The maximum absolute atomic E-state index is 12.5. The molecule has 3 unspecified atom stereocenters. The third-order valence-corrected chi connectivity index (χ3v) is 3.84. The van der Waals surface area contributed by atoms with Crippen LogP contribution in [-0.4, -0.2) is 36.6 Å². The van der Waals surface area contributed by atoms with Crippen molar-refractivity contribution in [3.8, 4) is 0 Å². The van der Waals surface area contributed by atoms with Gasteiger partial charge in [-0.15, -0.1) is 0 Å². The molecule has 4 nitrogen and oxygen atoms in total. The summed E-state index contributed by atoms with van der Waals surface area (Å²) in [5.74, 6) is 0.170. The zero-order chi connectivity index (χ0) is 14.7. The van der Waals surface area contributed by atoms with E-state index in [1.54, 1.807) is 7.11 Å². The minimum Gasteiger partial charge on any atom is -0.383 e.